The summed E-state index contributed by atoms with van der Waals surface area (Å²) in [6.45, 7) is 1.50. The minimum Gasteiger partial charge on any atom is -0.465 e. The minimum absolute atomic E-state index is 0.0768. The fourth-order valence-electron chi connectivity index (χ4n) is 1.21. The summed E-state index contributed by atoms with van der Waals surface area (Å²) in [6, 6.07) is 4.26. The molecule has 0 amide bonds. The van der Waals surface area contributed by atoms with E-state index in [-0.39, 0.29) is 10.5 Å². The van der Waals surface area contributed by atoms with Gasteiger partial charge in [-0.2, -0.15) is 0 Å². The summed E-state index contributed by atoms with van der Waals surface area (Å²) in [5.74, 6) is -0.588. The molecule has 0 heterocycles. The Morgan fingerprint density at radius 2 is 2.00 bits per heavy atom. The minimum atomic E-state index is -3.83. The number of hydrogen-bond donors (Lipinski definition) is 0. The molecular weight excluding hydrogens is 240 g/mol. The standard InChI is InChI=1S/C9H9ClO4S/c1-6-7(9(11)14-2)4-3-5-8(6)15(10,12)13/h3-5H,1-2H3. The van der Waals surface area contributed by atoms with Crippen molar-refractivity contribution < 1.29 is 17.9 Å². The molecule has 0 N–H and O–H groups in total. The SMILES string of the molecule is COC(=O)c1cccc(S(=O)(=O)Cl)c1C. The molecule has 1 aromatic carbocycles. The molecule has 1 rings (SSSR count). The number of hydrogen-bond acceptors (Lipinski definition) is 4. The van der Waals surface area contributed by atoms with Gasteiger partial charge >= 0.3 is 5.97 Å². The zero-order valence-electron chi connectivity index (χ0n) is 8.15. The molecule has 0 aliphatic carbocycles. The van der Waals surface area contributed by atoms with Gasteiger partial charge in [-0.3, -0.25) is 0 Å². The highest BCUT2D eigenvalue weighted by molar-refractivity contribution is 8.13. The van der Waals surface area contributed by atoms with Crippen molar-refractivity contribution in [2.24, 2.45) is 0 Å². The van der Waals surface area contributed by atoms with E-state index in [0.717, 1.165) is 0 Å². The summed E-state index contributed by atoms with van der Waals surface area (Å²) in [5, 5.41) is 0. The van der Waals surface area contributed by atoms with Gasteiger partial charge in [0.05, 0.1) is 17.6 Å². The Labute approximate surface area is 92.2 Å². The molecule has 0 aromatic heterocycles. The first kappa shape index (κ1) is 12.0. The molecule has 0 radical (unpaired) electrons. The number of benzene rings is 1. The fraction of sp³-hybridized carbons (Fsp3) is 0.222. The van der Waals surface area contributed by atoms with Crippen molar-refractivity contribution in [2.45, 2.75) is 11.8 Å². The van der Waals surface area contributed by atoms with Gasteiger partial charge in [0.1, 0.15) is 0 Å². The first-order valence-electron chi connectivity index (χ1n) is 4.00. The molecule has 15 heavy (non-hydrogen) atoms. The van der Waals surface area contributed by atoms with Crippen LogP contribution in [0.5, 0.6) is 0 Å². The van der Waals surface area contributed by atoms with Crippen molar-refractivity contribution >= 4 is 25.7 Å². The van der Waals surface area contributed by atoms with E-state index in [0.29, 0.717) is 5.56 Å². The zero-order valence-corrected chi connectivity index (χ0v) is 9.72. The van der Waals surface area contributed by atoms with Crippen LogP contribution in [0.2, 0.25) is 0 Å². The second-order valence-electron chi connectivity index (χ2n) is 2.86. The van der Waals surface area contributed by atoms with Crippen LogP contribution in [0.3, 0.4) is 0 Å². The van der Waals surface area contributed by atoms with Crippen LogP contribution in [0.15, 0.2) is 23.1 Å². The van der Waals surface area contributed by atoms with E-state index >= 15 is 0 Å². The Bertz CT molecular complexity index is 493. The molecule has 4 nitrogen and oxygen atoms in total. The maximum absolute atomic E-state index is 11.3. The highest BCUT2D eigenvalue weighted by Crippen LogP contribution is 2.22. The smallest absolute Gasteiger partial charge is 0.338 e. The fourth-order valence-corrected chi connectivity index (χ4v) is 2.43. The molecular formula is C9H9ClO4S. The maximum Gasteiger partial charge on any atom is 0.338 e. The van der Waals surface area contributed by atoms with Gasteiger partial charge in [-0.1, -0.05) is 6.07 Å². The van der Waals surface area contributed by atoms with Crippen molar-refractivity contribution in [3.8, 4) is 0 Å². The number of rotatable bonds is 2. The van der Waals surface area contributed by atoms with E-state index in [1.807, 2.05) is 0 Å². The number of ether oxygens (including phenoxy) is 1. The van der Waals surface area contributed by atoms with E-state index in [1.165, 1.54) is 32.2 Å². The summed E-state index contributed by atoms with van der Waals surface area (Å²) in [4.78, 5) is 11.2. The molecule has 0 bridgehead atoms. The number of carbonyl (C=O) groups is 1. The predicted octanol–water partition coefficient (Wildman–Crippen LogP) is 1.71. The summed E-state index contributed by atoms with van der Waals surface area (Å²) in [5.41, 5.74) is 0.485. The number of halogens is 1. The van der Waals surface area contributed by atoms with E-state index in [4.69, 9.17) is 10.7 Å². The second-order valence-corrected chi connectivity index (χ2v) is 5.39. The largest absolute Gasteiger partial charge is 0.465 e. The highest BCUT2D eigenvalue weighted by atomic mass is 35.7. The Morgan fingerprint density at radius 1 is 1.40 bits per heavy atom. The van der Waals surface area contributed by atoms with Gasteiger partial charge in [-0.25, -0.2) is 13.2 Å². The lowest BCUT2D eigenvalue weighted by atomic mass is 10.1. The van der Waals surface area contributed by atoms with Crippen LogP contribution in [0.25, 0.3) is 0 Å². The lowest BCUT2D eigenvalue weighted by molar-refractivity contribution is 0.0599. The topological polar surface area (TPSA) is 60.4 Å². The lowest BCUT2D eigenvalue weighted by Crippen LogP contribution is -2.06. The molecule has 0 unspecified atom stereocenters. The summed E-state index contributed by atoms with van der Waals surface area (Å²) in [6.07, 6.45) is 0. The first-order chi connectivity index (χ1) is 6.88. The zero-order chi connectivity index (χ0) is 11.6. The van der Waals surface area contributed by atoms with Gasteiger partial charge in [0.2, 0.25) is 0 Å². The van der Waals surface area contributed by atoms with Crippen LogP contribution < -0.4 is 0 Å². The van der Waals surface area contributed by atoms with Crippen LogP contribution in [-0.4, -0.2) is 21.5 Å². The van der Waals surface area contributed by atoms with Gasteiger partial charge in [-0.15, -0.1) is 0 Å². The van der Waals surface area contributed by atoms with Crippen molar-refractivity contribution in [2.75, 3.05) is 7.11 Å². The third-order valence-electron chi connectivity index (χ3n) is 1.95. The maximum atomic E-state index is 11.3. The summed E-state index contributed by atoms with van der Waals surface area (Å²) in [7, 11) is 2.60. The average Bonchev–Trinajstić information content (AvgIpc) is 2.15. The normalized spacial score (nSPS) is 11.1. The number of methoxy groups -OCH3 is 1. The molecule has 1 aromatic rings. The quantitative estimate of drug-likeness (QED) is 0.591. The molecule has 0 saturated carbocycles. The van der Waals surface area contributed by atoms with Crippen LogP contribution in [0.4, 0.5) is 0 Å². The van der Waals surface area contributed by atoms with Crippen molar-refractivity contribution in [1.29, 1.82) is 0 Å². The van der Waals surface area contributed by atoms with Crippen molar-refractivity contribution in [3.63, 3.8) is 0 Å². The van der Waals surface area contributed by atoms with E-state index < -0.39 is 15.0 Å². The summed E-state index contributed by atoms with van der Waals surface area (Å²) >= 11 is 0. The third kappa shape index (κ3) is 2.49. The molecule has 0 spiro atoms. The number of carbonyl (C=O) groups excluding carboxylic acids is 1. The average molecular weight is 249 g/mol. The van der Waals surface area contributed by atoms with Crippen LogP contribution in [0, 0.1) is 6.92 Å². The van der Waals surface area contributed by atoms with Gasteiger partial charge in [0.15, 0.2) is 0 Å². The van der Waals surface area contributed by atoms with Crippen molar-refractivity contribution in [1.82, 2.24) is 0 Å². The van der Waals surface area contributed by atoms with Gasteiger partial charge in [0.25, 0.3) is 9.05 Å². The Morgan fingerprint density at radius 3 is 2.47 bits per heavy atom. The molecule has 6 heteroatoms. The molecule has 0 fully saturated rings. The lowest BCUT2D eigenvalue weighted by Gasteiger charge is -2.06. The van der Waals surface area contributed by atoms with E-state index in [2.05, 4.69) is 4.74 Å². The second kappa shape index (κ2) is 4.20. The van der Waals surface area contributed by atoms with Gasteiger partial charge in [-0.05, 0) is 24.6 Å². The van der Waals surface area contributed by atoms with Gasteiger partial charge < -0.3 is 4.74 Å². The Hall–Kier alpha value is -1.07. The monoisotopic (exact) mass is 248 g/mol. The molecule has 0 aliphatic heterocycles. The van der Waals surface area contributed by atoms with E-state index in [1.54, 1.807) is 0 Å². The van der Waals surface area contributed by atoms with Crippen LogP contribution in [0.1, 0.15) is 15.9 Å². The van der Waals surface area contributed by atoms with Crippen molar-refractivity contribution in [3.05, 3.63) is 29.3 Å². The van der Waals surface area contributed by atoms with E-state index in [9.17, 15) is 13.2 Å². The molecule has 82 valence electrons. The Balaban J connectivity index is 3.43. The van der Waals surface area contributed by atoms with Crippen LogP contribution >= 0.6 is 10.7 Å². The Kier molecular flexibility index (Phi) is 3.36. The first-order valence-corrected chi connectivity index (χ1v) is 6.31. The van der Waals surface area contributed by atoms with Crippen LogP contribution in [-0.2, 0) is 13.8 Å². The molecule has 0 aliphatic rings. The highest BCUT2D eigenvalue weighted by Gasteiger charge is 2.18. The third-order valence-corrected chi connectivity index (χ3v) is 3.42. The van der Waals surface area contributed by atoms with Gasteiger partial charge in [0, 0.05) is 10.7 Å². The molecule has 0 atom stereocenters. The predicted molar refractivity (Wildman–Crippen MR) is 55.6 cm³/mol. The summed E-state index contributed by atoms with van der Waals surface area (Å²) < 4.78 is 26.8. The molecule has 0 saturated heterocycles. The number of esters is 1.